The van der Waals surface area contributed by atoms with Gasteiger partial charge < -0.3 is 4.90 Å². The molecular formula is C9H19N. The Morgan fingerprint density at radius 1 is 1.00 bits per heavy atom. The molecule has 0 saturated carbocycles. The van der Waals surface area contributed by atoms with E-state index in [1.165, 1.54) is 25.9 Å². The summed E-state index contributed by atoms with van der Waals surface area (Å²) in [5.41, 5.74) is 0. The lowest BCUT2D eigenvalue weighted by atomic mass is 9.92. The van der Waals surface area contributed by atoms with E-state index in [1.807, 2.05) is 0 Å². The van der Waals surface area contributed by atoms with Crippen LogP contribution in [-0.4, -0.2) is 25.0 Å². The smallest absolute Gasteiger partial charge is 0.00191 e. The highest BCUT2D eigenvalue weighted by Gasteiger charge is 2.16. The summed E-state index contributed by atoms with van der Waals surface area (Å²) in [4.78, 5) is 2.44. The molecule has 0 aromatic rings. The topological polar surface area (TPSA) is 3.24 Å². The molecule has 1 rings (SSSR count). The maximum absolute atomic E-state index is 2.44. The molecule has 0 aromatic heterocycles. The highest BCUT2D eigenvalue weighted by molar-refractivity contribution is 4.69. The van der Waals surface area contributed by atoms with E-state index >= 15 is 0 Å². The van der Waals surface area contributed by atoms with Crippen molar-refractivity contribution in [1.82, 2.24) is 4.90 Å². The van der Waals surface area contributed by atoms with Gasteiger partial charge >= 0.3 is 0 Å². The fourth-order valence-corrected chi connectivity index (χ4v) is 1.53. The highest BCUT2D eigenvalue weighted by Crippen LogP contribution is 2.21. The predicted molar refractivity (Wildman–Crippen MR) is 45.1 cm³/mol. The van der Waals surface area contributed by atoms with E-state index in [9.17, 15) is 0 Å². The highest BCUT2D eigenvalue weighted by atomic mass is 15.1. The van der Waals surface area contributed by atoms with Crippen molar-refractivity contribution >= 4 is 0 Å². The maximum atomic E-state index is 2.44. The Morgan fingerprint density at radius 2 is 1.40 bits per heavy atom. The molecule has 60 valence electrons. The molecule has 1 aliphatic rings. The third-order valence-electron chi connectivity index (χ3n) is 2.90. The molecule has 0 bridgehead atoms. The molecule has 10 heavy (non-hydrogen) atoms. The Balaban J connectivity index is 2.38. The third-order valence-corrected chi connectivity index (χ3v) is 2.90. The molecule has 1 heteroatoms. The van der Waals surface area contributed by atoms with Crippen molar-refractivity contribution in [2.75, 3.05) is 20.1 Å². The Labute approximate surface area is 64.4 Å². The van der Waals surface area contributed by atoms with Gasteiger partial charge in [-0.05, 0) is 44.8 Å². The summed E-state index contributed by atoms with van der Waals surface area (Å²) in [6.45, 7) is 7.35. The zero-order valence-electron chi connectivity index (χ0n) is 7.43. The monoisotopic (exact) mass is 141 g/mol. The van der Waals surface area contributed by atoms with E-state index in [-0.39, 0.29) is 0 Å². The Bertz CT molecular complexity index is 88.9. The van der Waals surface area contributed by atoms with E-state index in [0.717, 1.165) is 11.8 Å². The zero-order chi connectivity index (χ0) is 7.56. The number of rotatable bonds is 0. The van der Waals surface area contributed by atoms with Crippen LogP contribution in [0.3, 0.4) is 0 Å². The number of likely N-dealkylation sites (tertiary alicyclic amines) is 1. The van der Waals surface area contributed by atoms with Crippen LogP contribution >= 0.6 is 0 Å². The van der Waals surface area contributed by atoms with Gasteiger partial charge in [0.15, 0.2) is 0 Å². The fraction of sp³-hybridized carbons (Fsp3) is 1.00. The summed E-state index contributed by atoms with van der Waals surface area (Å²) in [6.07, 6.45) is 2.77. The molecule has 0 radical (unpaired) electrons. The summed E-state index contributed by atoms with van der Waals surface area (Å²) in [7, 11) is 2.23. The average molecular weight is 141 g/mol. The molecule has 1 saturated heterocycles. The third kappa shape index (κ3) is 1.98. The molecule has 1 unspecified atom stereocenters. The second kappa shape index (κ2) is 3.38. The van der Waals surface area contributed by atoms with Crippen molar-refractivity contribution in [1.29, 1.82) is 0 Å². The van der Waals surface area contributed by atoms with Gasteiger partial charge in [-0.1, -0.05) is 13.8 Å². The number of nitrogens with zero attached hydrogens (tertiary/aromatic N) is 1. The molecule has 0 spiro atoms. The SMILES string of the molecule is CC1CCN(C)CC[C@H]1C. The van der Waals surface area contributed by atoms with Crippen LogP contribution in [0, 0.1) is 11.8 Å². The molecule has 1 nitrogen and oxygen atoms in total. The van der Waals surface area contributed by atoms with Crippen LogP contribution in [0.5, 0.6) is 0 Å². The van der Waals surface area contributed by atoms with Gasteiger partial charge in [-0.3, -0.25) is 0 Å². The second-order valence-electron chi connectivity index (χ2n) is 3.84. The van der Waals surface area contributed by atoms with E-state index in [4.69, 9.17) is 0 Å². The van der Waals surface area contributed by atoms with Crippen LogP contribution in [-0.2, 0) is 0 Å². The first-order valence-electron chi connectivity index (χ1n) is 4.38. The van der Waals surface area contributed by atoms with Crippen LogP contribution in [0.4, 0.5) is 0 Å². The van der Waals surface area contributed by atoms with Crippen molar-refractivity contribution in [2.45, 2.75) is 26.7 Å². The maximum Gasteiger partial charge on any atom is -0.00191 e. The van der Waals surface area contributed by atoms with Gasteiger partial charge in [0, 0.05) is 0 Å². The molecule has 0 aromatic carbocycles. The zero-order valence-corrected chi connectivity index (χ0v) is 7.43. The Kier molecular flexibility index (Phi) is 2.72. The average Bonchev–Trinajstić information content (AvgIpc) is 2.04. The van der Waals surface area contributed by atoms with Crippen molar-refractivity contribution in [3.8, 4) is 0 Å². The van der Waals surface area contributed by atoms with Crippen molar-refractivity contribution in [3.63, 3.8) is 0 Å². The molecule has 2 atom stereocenters. The van der Waals surface area contributed by atoms with E-state index in [1.54, 1.807) is 0 Å². The van der Waals surface area contributed by atoms with Gasteiger partial charge in [0.25, 0.3) is 0 Å². The molecule has 1 fully saturated rings. The summed E-state index contributed by atoms with van der Waals surface area (Å²) >= 11 is 0. The molecule has 1 aliphatic heterocycles. The van der Waals surface area contributed by atoms with Crippen LogP contribution in [0.15, 0.2) is 0 Å². The molecule has 0 N–H and O–H groups in total. The minimum absolute atomic E-state index is 0.935. The summed E-state index contributed by atoms with van der Waals surface area (Å²) < 4.78 is 0. The lowest BCUT2D eigenvalue weighted by molar-refractivity contribution is 0.343. The first-order valence-corrected chi connectivity index (χ1v) is 4.38. The minimum Gasteiger partial charge on any atom is -0.306 e. The predicted octanol–water partition coefficient (Wildman–Crippen LogP) is 1.98. The quantitative estimate of drug-likeness (QED) is 0.498. The van der Waals surface area contributed by atoms with Crippen molar-refractivity contribution < 1.29 is 0 Å². The van der Waals surface area contributed by atoms with E-state index in [0.29, 0.717) is 0 Å². The molecule has 0 amide bonds. The number of hydrogen-bond acceptors (Lipinski definition) is 1. The summed E-state index contributed by atoms with van der Waals surface area (Å²) in [6, 6.07) is 0. The van der Waals surface area contributed by atoms with Gasteiger partial charge in [0.1, 0.15) is 0 Å². The first-order chi connectivity index (χ1) is 4.70. The van der Waals surface area contributed by atoms with Gasteiger partial charge in [0.05, 0.1) is 0 Å². The Hall–Kier alpha value is -0.0400. The van der Waals surface area contributed by atoms with Crippen LogP contribution in [0.2, 0.25) is 0 Å². The molecule has 0 aliphatic carbocycles. The van der Waals surface area contributed by atoms with Gasteiger partial charge in [-0.25, -0.2) is 0 Å². The minimum atomic E-state index is 0.935. The Morgan fingerprint density at radius 3 is 1.80 bits per heavy atom. The fourth-order valence-electron chi connectivity index (χ4n) is 1.53. The summed E-state index contributed by atoms with van der Waals surface area (Å²) in [5.74, 6) is 1.87. The second-order valence-corrected chi connectivity index (χ2v) is 3.84. The van der Waals surface area contributed by atoms with Crippen LogP contribution in [0.1, 0.15) is 26.7 Å². The lowest BCUT2D eigenvalue weighted by Gasteiger charge is -2.14. The summed E-state index contributed by atoms with van der Waals surface area (Å²) in [5, 5.41) is 0. The van der Waals surface area contributed by atoms with Crippen LogP contribution < -0.4 is 0 Å². The van der Waals surface area contributed by atoms with E-state index < -0.39 is 0 Å². The first kappa shape index (κ1) is 8.06. The van der Waals surface area contributed by atoms with Gasteiger partial charge in [-0.15, -0.1) is 0 Å². The normalized spacial score (nSPS) is 37.5. The van der Waals surface area contributed by atoms with Gasteiger partial charge in [0.2, 0.25) is 0 Å². The van der Waals surface area contributed by atoms with E-state index in [2.05, 4.69) is 25.8 Å². The standard InChI is InChI=1S/C9H19N/c1-8-4-6-10(3)7-5-9(8)2/h8-9H,4-7H2,1-3H3/t8-,9?/m1/s1. The lowest BCUT2D eigenvalue weighted by Crippen LogP contribution is -2.18. The largest absolute Gasteiger partial charge is 0.306 e. The van der Waals surface area contributed by atoms with Gasteiger partial charge in [-0.2, -0.15) is 0 Å². The molecular weight excluding hydrogens is 122 g/mol. The van der Waals surface area contributed by atoms with Crippen molar-refractivity contribution in [2.24, 2.45) is 11.8 Å². The number of hydrogen-bond donors (Lipinski definition) is 0. The molecule has 1 heterocycles. The van der Waals surface area contributed by atoms with Crippen molar-refractivity contribution in [3.05, 3.63) is 0 Å². The van der Waals surface area contributed by atoms with Crippen LogP contribution in [0.25, 0.3) is 0 Å².